The molecule has 1 aromatic carbocycles. The Balaban J connectivity index is 1.46. The zero-order chi connectivity index (χ0) is 22.4. The highest BCUT2D eigenvalue weighted by atomic mass is 32.1. The number of nitrogens with zero attached hydrogens (tertiary/aromatic N) is 2. The molecule has 1 aromatic heterocycles. The van der Waals surface area contributed by atoms with Gasteiger partial charge in [-0.05, 0) is 12.1 Å². The van der Waals surface area contributed by atoms with E-state index in [-0.39, 0.29) is 30.2 Å². The van der Waals surface area contributed by atoms with Crippen LogP contribution < -0.4 is 14.8 Å². The first kappa shape index (κ1) is 22.7. The Morgan fingerprint density at radius 1 is 1.26 bits per heavy atom. The first-order valence-electron chi connectivity index (χ1n) is 9.34. The predicted octanol–water partition coefficient (Wildman–Crippen LogP) is 4.18. The monoisotopic (exact) mass is 459 g/mol. The van der Waals surface area contributed by atoms with Crippen molar-refractivity contribution >= 4 is 28.5 Å². The molecule has 0 unspecified atom stereocenters. The fraction of sp³-hybridized carbons (Fsp3) is 0.421. The number of hydrogen-bond donors (Lipinski definition) is 1. The standard InChI is InChI=1S/C19H20F3N3O5S/c1-12(26)28-10-13-11-31-17(23-13)24-18(27)25-7-5-14(6-8-25)29-15-3-2-4-16(9-15)30-19(20,21)22/h2-4,9,11,14H,5-8,10H2,1H3,(H,23,24,27). The van der Waals surface area contributed by atoms with Gasteiger partial charge >= 0.3 is 18.4 Å². The number of carbonyl (C=O) groups excluding carboxylic acids is 2. The first-order chi connectivity index (χ1) is 14.7. The first-order valence-corrected chi connectivity index (χ1v) is 10.2. The number of halogens is 3. The molecular weight excluding hydrogens is 439 g/mol. The van der Waals surface area contributed by atoms with E-state index in [4.69, 9.17) is 9.47 Å². The van der Waals surface area contributed by atoms with Gasteiger partial charge in [0.25, 0.3) is 0 Å². The Bertz CT molecular complexity index is 913. The van der Waals surface area contributed by atoms with Crippen LogP contribution in [0.15, 0.2) is 29.6 Å². The molecular formula is C19H20F3N3O5S. The lowest BCUT2D eigenvalue weighted by Crippen LogP contribution is -2.43. The number of piperidine rings is 1. The molecule has 168 valence electrons. The van der Waals surface area contributed by atoms with Crippen LogP contribution >= 0.6 is 11.3 Å². The summed E-state index contributed by atoms with van der Waals surface area (Å²) in [4.78, 5) is 29.0. The summed E-state index contributed by atoms with van der Waals surface area (Å²) in [6, 6.07) is 5.04. The summed E-state index contributed by atoms with van der Waals surface area (Å²) in [5.41, 5.74) is 0.541. The fourth-order valence-corrected chi connectivity index (χ4v) is 3.58. The number of urea groups is 1. The number of ether oxygens (including phenoxy) is 3. The molecule has 2 aromatic rings. The zero-order valence-electron chi connectivity index (χ0n) is 16.5. The van der Waals surface area contributed by atoms with Crippen LogP contribution in [-0.2, 0) is 16.1 Å². The van der Waals surface area contributed by atoms with Crippen molar-refractivity contribution in [1.29, 1.82) is 0 Å². The topological polar surface area (TPSA) is 90.0 Å². The summed E-state index contributed by atoms with van der Waals surface area (Å²) in [7, 11) is 0. The van der Waals surface area contributed by atoms with Gasteiger partial charge in [0.1, 0.15) is 24.2 Å². The van der Waals surface area contributed by atoms with Gasteiger partial charge in [-0.3, -0.25) is 10.1 Å². The number of amides is 2. The second-order valence-electron chi connectivity index (χ2n) is 6.68. The molecule has 1 saturated heterocycles. The third-order valence-electron chi connectivity index (χ3n) is 4.26. The number of thiazole rings is 1. The summed E-state index contributed by atoms with van der Waals surface area (Å²) < 4.78 is 51.5. The van der Waals surface area contributed by atoms with Gasteiger partial charge in [0, 0.05) is 44.3 Å². The van der Waals surface area contributed by atoms with Crippen LogP contribution in [0, 0.1) is 0 Å². The van der Waals surface area contributed by atoms with E-state index in [0.717, 1.165) is 0 Å². The largest absolute Gasteiger partial charge is 0.573 e. The molecule has 0 saturated carbocycles. The maximum absolute atomic E-state index is 12.4. The lowest BCUT2D eigenvalue weighted by molar-refractivity contribution is -0.274. The Labute approximate surface area is 179 Å². The van der Waals surface area contributed by atoms with Crippen LogP contribution in [0.5, 0.6) is 11.5 Å². The van der Waals surface area contributed by atoms with E-state index in [2.05, 4.69) is 15.0 Å². The molecule has 0 bridgehead atoms. The molecule has 0 radical (unpaired) electrons. The van der Waals surface area contributed by atoms with Crippen molar-refractivity contribution in [2.24, 2.45) is 0 Å². The maximum Gasteiger partial charge on any atom is 0.573 e. The molecule has 0 aliphatic carbocycles. The SMILES string of the molecule is CC(=O)OCc1csc(NC(=O)N2CCC(Oc3cccc(OC(F)(F)F)c3)CC2)n1. The molecule has 1 aliphatic heterocycles. The van der Waals surface area contributed by atoms with Gasteiger partial charge in [0.05, 0.1) is 5.69 Å². The molecule has 1 N–H and O–H groups in total. The molecule has 31 heavy (non-hydrogen) atoms. The van der Waals surface area contributed by atoms with Crippen LogP contribution in [0.4, 0.5) is 23.1 Å². The second kappa shape index (κ2) is 9.86. The van der Waals surface area contributed by atoms with Gasteiger partial charge in [0.2, 0.25) is 0 Å². The molecule has 12 heteroatoms. The van der Waals surface area contributed by atoms with Gasteiger partial charge in [-0.2, -0.15) is 0 Å². The number of hydrogen-bond acceptors (Lipinski definition) is 7. The summed E-state index contributed by atoms with van der Waals surface area (Å²) in [5.74, 6) is -0.491. The summed E-state index contributed by atoms with van der Waals surface area (Å²) >= 11 is 1.22. The van der Waals surface area contributed by atoms with E-state index in [0.29, 0.717) is 36.8 Å². The molecule has 0 spiro atoms. The third-order valence-corrected chi connectivity index (χ3v) is 5.07. The number of nitrogens with one attached hydrogen (secondary N) is 1. The van der Waals surface area contributed by atoms with Gasteiger partial charge < -0.3 is 19.1 Å². The number of carbonyl (C=O) groups is 2. The highest BCUT2D eigenvalue weighted by Gasteiger charge is 2.31. The van der Waals surface area contributed by atoms with E-state index in [1.807, 2.05) is 0 Å². The minimum atomic E-state index is -4.77. The van der Waals surface area contributed by atoms with Crippen molar-refractivity contribution in [3.63, 3.8) is 0 Å². The van der Waals surface area contributed by atoms with Crippen molar-refractivity contribution in [3.8, 4) is 11.5 Å². The highest BCUT2D eigenvalue weighted by molar-refractivity contribution is 7.13. The van der Waals surface area contributed by atoms with Crippen molar-refractivity contribution < 1.29 is 37.0 Å². The average Bonchev–Trinajstić information content (AvgIpc) is 3.13. The molecule has 3 rings (SSSR count). The van der Waals surface area contributed by atoms with Gasteiger partial charge in [-0.1, -0.05) is 6.07 Å². The van der Waals surface area contributed by atoms with Crippen molar-refractivity contribution in [1.82, 2.24) is 9.88 Å². The number of rotatable bonds is 6. The highest BCUT2D eigenvalue weighted by Crippen LogP contribution is 2.28. The lowest BCUT2D eigenvalue weighted by atomic mass is 10.1. The maximum atomic E-state index is 12.4. The van der Waals surface area contributed by atoms with Crippen LogP contribution in [-0.4, -0.2) is 47.4 Å². The second-order valence-corrected chi connectivity index (χ2v) is 7.54. The Morgan fingerprint density at radius 3 is 2.65 bits per heavy atom. The van der Waals surface area contributed by atoms with Gasteiger partial charge in [0.15, 0.2) is 5.13 Å². The number of alkyl halides is 3. The zero-order valence-corrected chi connectivity index (χ0v) is 17.3. The molecule has 1 fully saturated rings. The minimum absolute atomic E-state index is 0.0413. The van der Waals surface area contributed by atoms with Crippen molar-refractivity contribution in [2.45, 2.75) is 38.8 Å². The molecule has 0 atom stereocenters. The molecule has 2 heterocycles. The van der Waals surface area contributed by atoms with Crippen molar-refractivity contribution in [3.05, 3.63) is 35.3 Å². The normalized spacial score (nSPS) is 14.8. The van der Waals surface area contributed by atoms with Gasteiger partial charge in [-0.15, -0.1) is 24.5 Å². The van der Waals surface area contributed by atoms with Crippen LogP contribution in [0.1, 0.15) is 25.5 Å². The molecule has 1 aliphatic rings. The van der Waals surface area contributed by atoms with Crippen molar-refractivity contribution in [2.75, 3.05) is 18.4 Å². The summed E-state index contributed by atoms with van der Waals surface area (Å²) in [6.07, 6.45) is -3.96. The van der Waals surface area contributed by atoms with Crippen LogP contribution in [0.25, 0.3) is 0 Å². The lowest BCUT2D eigenvalue weighted by Gasteiger charge is -2.32. The number of esters is 1. The Morgan fingerprint density at radius 2 is 1.97 bits per heavy atom. The van der Waals surface area contributed by atoms with E-state index in [9.17, 15) is 22.8 Å². The summed E-state index contributed by atoms with van der Waals surface area (Å²) in [6.45, 7) is 2.18. The quantitative estimate of drug-likeness (QED) is 0.652. The number of benzene rings is 1. The number of anilines is 1. The fourth-order valence-electron chi connectivity index (χ4n) is 2.89. The smallest absolute Gasteiger partial charge is 0.490 e. The van der Waals surface area contributed by atoms with Crippen LogP contribution in [0.3, 0.4) is 0 Å². The van der Waals surface area contributed by atoms with E-state index >= 15 is 0 Å². The predicted molar refractivity (Wildman–Crippen MR) is 105 cm³/mol. The number of aromatic nitrogens is 1. The van der Waals surface area contributed by atoms with Gasteiger partial charge in [-0.25, -0.2) is 9.78 Å². The molecule has 8 nitrogen and oxygen atoms in total. The molecule has 2 amide bonds. The Kier molecular flexibility index (Phi) is 7.21. The van der Waals surface area contributed by atoms with Crippen LogP contribution in [0.2, 0.25) is 0 Å². The average molecular weight is 459 g/mol. The number of likely N-dealkylation sites (tertiary alicyclic amines) is 1. The minimum Gasteiger partial charge on any atom is -0.490 e. The third kappa shape index (κ3) is 7.31. The Hall–Kier alpha value is -3.02. The summed E-state index contributed by atoms with van der Waals surface area (Å²) in [5, 5.41) is 4.79. The van der Waals surface area contributed by atoms with E-state index in [1.165, 1.54) is 36.5 Å². The van der Waals surface area contributed by atoms with E-state index < -0.39 is 12.3 Å². The van der Waals surface area contributed by atoms with E-state index in [1.54, 1.807) is 16.3 Å².